The summed E-state index contributed by atoms with van der Waals surface area (Å²) in [6.07, 6.45) is -0.193. The highest BCUT2D eigenvalue weighted by Gasteiger charge is 2.35. The number of thiophene rings is 1. The molecule has 0 spiro atoms. The summed E-state index contributed by atoms with van der Waals surface area (Å²) in [7, 11) is 0. The van der Waals surface area contributed by atoms with E-state index in [4.69, 9.17) is 4.74 Å². The van der Waals surface area contributed by atoms with Crippen LogP contribution >= 0.6 is 43.2 Å². The minimum Gasteiger partial charge on any atom is -0.507 e. The highest BCUT2D eigenvalue weighted by Crippen LogP contribution is 2.42. The normalized spacial score (nSPS) is 18.0. The number of rotatable bonds is 2. The number of phenolic OH excluding ortho intramolecular Hbond substituents is 1. The number of nitrogens with one attached hydrogen (secondary N) is 2. The number of halogens is 2. The number of nitrogens with zero attached hydrogens (tertiary/aromatic N) is 1. The van der Waals surface area contributed by atoms with Crippen molar-refractivity contribution in [2.24, 2.45) is 0 Å². The van der Waals surface area contributed by atoms with Crippen LogP contribution in [-0.4, -0.2) is 35.2 Å². The van der Waals surface area contributed by atoms with Gasteiger partial charge in [0.2, 0.25) is 0 Å². The van der Waals surface area contributed by atoms with Gasteiger partial charge in [-0.2, -0.15) is 0 Å². The first-order chi connectivity index (χ1) is 13.4. The summed E-state index contributed by atoms with van der Waals surface area (Å²) in [6.45, 7) is 3.08. The summed E-state index contributed by atoms with van der Waals surface area (Å²) in [6, 6.07) is 3.35. The van der Waals surface area contributed by atoms with Crippen molar-refractivity contribution in [2.45, 2.75) is 26.1 Å². The molecular weight excluding hydrogens is 514 g/mol. The van der Waals surface area contributed by atoms with Crippen LogP contribution in [0.15, 0.2) is 21.1 Å². The van der Waals surface area contributed by atoms with Crippen LogP contribution in [0.2, 0.25) is 0 Å². The number of carbonyl (C=O) groups is 2. The number of anilines is 1. The molecule has 10 heteroatoms. The minimum atomic E-state index is -0.477. The van der Waals surface area contributed by atoms with E-state index in [0.29, 0.717) is 36.2 Å². The minimum absolute atomic E-state index is 0.0931. The zero-order chi connectivity index (χ0) is 20.0. The van der Waals surface area contributed by atoms with Gasteiger partial charge in [-0.1, -0.05) is 15.9 Å². The number of ether oxygens (including phenoxy) is 1. The van der Waals surface area contributed by atoms with Crippen molar-refractivity contribution in [3.05, 3.63) is 42.6 Å². The van der Waals surface area contributed by atoms with Crippen LogP contribution in [0.25, 0.3) is 0 Å². The number of benzene rings is 1. The predicted molar refractivity (Wildman–Crippen MR) is 113 cm³/mol. The van der Waals surface area contributed by atoms with Gasteiger partial charge in [-0.25, -0.2) is 4.79 Å². The Morgan fingerprint density at radius 2 is 2.14 bits per heavy atom. The Kier molecular flexibility index (Phi) is 5.28. The second kappa shape index (κ2) is 7.57. The second-order valence-electron chi connectivity index (χ2n) is 6.45. The maximum absolute atomic E-state index is 12.8. The first-order valence-electron chi connectivity index (χ1n) is 8.70. The third kappa shape index (κ3) is 3.37. The monoisotopic (exact) mass is 529 g/mol. The van der Waals surface area contributed by atoms with Gasteiger partial charge in [0, 0.05) is 21.5 Å². The SMILES string of the molecule is CCOC(=O)N1CCc2c(sc3c2C(=O)N[C@@H](c2cc(O)c(Br)cc2Br)N3)C1. The summed E-state index contributed by atoms with van der Waals surface area (Å²) >= 11 is 8.25. The molecule has 1 aromatic heterocycles. The van der Waals surface area contributed by atoms with Crippen molar-refractivity contribution in [1.29, 1.82) is 0 Å². The molecule has 3 heterocycles. The molecule has 0 fully saturated rings. The van der Waals surface area contributed by atoms with E-state index < -0.39 is 6.17 Å². The van der Waals surface area contributed by atoms with Gasteiger partial charge in [0.15, 0.2) is 0 Å². The van der Waals surface area contributed by atoms with Crippen LogP contribution in [0.4, 0.5) is 9.80 Å². The fourth-order valence-electron chi connectivity index (χ4n) is 3.42. The Balaban J connectivity index is 1.63. The maximum Gasteiger partial charge on any atom is 0.410 e. The third-order valence-corrected chi connectivity index (χ3v) is 7.21. The zero-order valence-electron chi connectivity index (χ0n) is 14.8. The van der Waals surface area contributed by atoms with Gasteiger partial charge < -0.3 is 25.4 Å². The third-order valence-electron chi connectivity index (χ3n) is 4.74. The van der Waals surface area contributed by atoms with Crippen molar-refractivity contribution in [2.75, 3.05) is 18.5 Å². The molecule has 7 nitrogen and oxygen atoms in total. The van der Waals surface area contributed by atoms with Crippen molar-refractivity contribution >= 4 is 60.2 Å². The molecule has 4 rings (SSSR count). The molecule has 1 aromatic carbocycles. The Morgan fingerprint density at radius 3 is 2.89 bits per heavy atom. The Morgan fingerprint density at radius 1 is 1.36 bits per heavy atom. The van der Waals surface area contributed by atoms with Gasteiger partial charge in [0.05, 0.1) is 23.2 Å². The molecule has 148 valence electrons. The van der Waals surface area contributed by atoms with Crippen molar-refractivity contribution in [3.63, 3.8) is 0 Å². The molecule has 2 aromatic rings. The number of carbonyl (C=O) groups excluding carboxylic acids is 2. The van der Waals surface area contributed by atoms with Gasteiger partial charge >= 0.3 is 6.09 Å². The first-order valence-corrected chi connectivity index (χ1v) is 11.1. The number of amides is 2. The average molecular weight is 531 g/mol. The number of hydrogen-bond donors (Lipinski definition) is 3. The zero-order valence-corrected chi connectivity index (χ0v) is 18.8. The van der Waals surface area contributed by atoms with Crippen LogP contribution in [-0.2, 0) is 17.7 Å². The van der Waals surface area contributed by atoms with Crippen molar-refractivity contribution in [3.8, 4) is 5.75 Å². The van der Waals surface area contributed by atoms with E-state index in [1.54, 1.807) is 24.0 Å². The lowest BCUT2D eigenvalue weighted by Crippen LogP contribution is -2.39. The van der Waals surface area contributed by atoms with Crippen LogP contribution in [0.3, 0.4) is 0 Å². The fraction of sp³-hybridized carbons (Fsp3) is 0.333. The van der Waals surface area contributed by atoms with Gasteiger partial charge in [-0.3, -0.25) is 4.79 Å². The van der Waals surface area contributed by atoms with Gasteiger partial charge in [0.25, 0.3) is 5.91 Å². The van der Waals surface area contributed by atoms with E-state index in [0.717, 1.165) is 25.5 Å². The Bertz CT molecular complexity index is 978. The molecule has 2 amide bonds. The Labute approximate surface area is 182 Å². The van der Waals surface area contributed by atoms with E-state index in [1.807, 2.05) is 0 Å². The molecule has 2 aliphatic heterocycles. The molecular formula is C18H17Br2N3O4S. The predicted octanol–water partition coefficient (Wildman–Crippen LogP) is 4.35. The Hall–Kier alpha value is -1.78. The number of phenols is 1. The summed E-state index contributed by atoms with van der Waals surface area (Å²) in [4.78, 5) is 27.5. The summed E-state index contributed by atoms with van der Waals surface area (Å²) in [5.41, 5.74) is 2.36. The van der Waals surface area contributed by atoms with Crippen molar-refractivity contribution in [1.82, 2.24) is 10.2 Å². The smallest absolute Gasteiger partial charge is 0.410 e. The topological polar surface area (TPSA) is 90.9 Å². The van der Waals surface area contributed by atoms with E-state index in [1.165, 1.54) is 11.3 Å². The number of hydrogen-bond acceptors (Lipinski definition) is 6. The number of aromatic hydroxyl groups is 1. The lowest BCUT2D eigenvalue weighted by atomic mass is 10.0. The average Bonchev–Trinajstić information content (AvgIpc) is 3.02. The molecule has 0 bridgehead atoms. The molecule has 0 aliphatic carbocycles. The molecule has 2 aliphatic rings. The first kappa shape index (κ1) is 19.5. The van der Waals surface area contributed by atoms with E-state index in [9.17, 15) is 14.7 Å². The highest BCUT2D eigenvalue weighted by atomic mass is 79.9. The van der Waals surface area contributed by atoms with Crippen LogP contribution < -0.4 is 10.6 Å². The summed E-state index contributed by atoms with van der Waals surface area (Å²) < 4.78 is 6.42. The van der Waals surface area contributed by atoms with E-state index in [-0.39, 0.29) is 17.7 Å². The summed E-state index contributed by atoms with van der Waals surface area (Å²) in [5, 5.41) is 17.1. The van der Waals surface area contributed by atoms with Crippen LogP contribution in [0, 0.1) is 0 Å². The van der Waals surface area contributed by atoms with Gasteiger partial charge in [-0.05, 0) is 47.0 Å². The molecule has 0 radical (unpaired) electrons. The quantitative estimate of drug-likeness (QED) is 0.537. The largest absolute Gasteiger partial charge is 0.507 e. The lowest BCUT2D eigenvalue weighted by molar-refractivity contribution is 0.0934. The highest BCUT2D eigenvalue weighted by molar-refractivity contribution is 9.11. The maximum atomic E-state index is 12.8. The molecule has 28 heavy (non-hydrogen) atoms. The molecule has 1 atom stereocenters. The standard InChI is InChI=1S/C18H17Br2N3O4S/c1-2-27-18(26)23-4-3-8-13(7-23)28-17-14(8)16(25)21-15(22-17)9-5-12(24)11(20)6-10(9)19/h5-6,15,22,24H,2-4,7H2,1H3,(H,21,25)/t15-/m1/s1. The van der Waals surface area contributed by atoms with E-state index >= 15 is 0 Å². The van der Waals surface area contributed by atoms with E-state index in [2.05, 4.69) is 42.5 Å². The molecule has 0 saturated carbocycles. The van der Waals surface area contributed by atoms with Crippen LogP contribution in [0.1, 0.15) is 39.5 Å². The fourth-order valence-corrected chi connectivity index (χ4v) is 5.93. The molecule has 0 saturated heterocycles. The molecule has 3 N–H and O–H groups in total. The van der Waals surface area contributed by atoms with Gasteiger partial charge in [-0.15, -0.1) is 11.3 Å². The van der Waals surface area contributed by atoms with Crippen LogP contribution in [0.5, 0.6) is 5.75 Å². The second-order valence-corrected chi connectivity index (χ2v) is 9.27. The molecule has 0 unspecified atom stereocenters. The number of fused-ring (bicyclic) bond motifs is 3. The summed E-state index contributed by atoms with van der Waals surface area (Å²) in [5.74, 6) is -0.0641. The van der Waals surface area contributed by atoms with Gasteiger partial charge in [0.1, 0.15) is 16.9 Å². The van der Waals surface area contributed by atoms with Crippen molar-refractivity contribution < 1.29 is 19.4 Å². The lowest BCUT2D eigenvalue weighted by Gasteiger charge is -2.28.